The van der Waals surface area contributed by atoms with Crippen LogP contribution in [0.1, 0.15) is 31.2 Å². The molecule has 1 unspecified atom stereocenters. The van der Waals surface area contributed by atoms with Crippen molar-refractivity contribution >= 4 is 0 Å². The van der Waals surface area contributed by atoms with Crippen LogP contribution in [-0.4, -0.2) is 23.0 Å². The van der Waals surface area contributed by atoms with Crippen LogP contribution < -0.4 is 0 Å². The largest absolute Gasteiger partial charge is 0.380 e. The zero-order valence-corrected chi connectivity index (χ0v) is 10.6. The van der Waals surface area contributed by atoms with E-state index in [1.165, 1.54) is 0 Å². The molecule has 1 aromatic heterocycles. The highest BCUT2D eigenvalue weighted by Gasteiger charge is 2.34. The fourth-order valence-corrected chi connectivity index (χ4v) is 2.48. The predicted octanol–water partition coefficient (Wildman–Crippen LogP) is 2.07. The second-order valence-corrected chi connectivity index (χ2v) is 4.82. The summed E-state index contributed by atoms with van der Waals surface area (Å²) in [5.41, 5.74) is 1.82. The highest BCUT2D eigenvalue weighted by Crippen LogP contribution is 2.32. The highest BCUT2D eigenvalue weighted by molar-refractivity contribution is 5.15. The van der Waals surface area contributed by atoms with E-state index in [1.807, 2.05) is 11.6 Å². The first kappa shape index (κ1) is 12.1. The van der Waals surface area contributed by atoms with Gasteiger partial charge in [0.2, 0.25) is 0 Å². The second kappa shape index (κ2) is 4.89. The van der Waals surface area contributed by atoms with Gasteiger partial charge in [0.05, 0.1) is 23.8 Å². The number of hydrogen-bond donors (Lipinski definition) is 0. The Bertz CT molecular complexity index is 424. The highest BCUT2D eigenvalue weighted by atomic mass is 16.5. The summed E-state index contributed by atoms with van der Waals surface area (Å²) >= 11 is 0. The Morgan fingerprint density at radius 3 is 3.06 bits per heavy atom. The fourth-order valence-electron chi connectivity index (χ4n) is 2.48. The molecule has 0 aromatic carbocycles. The van der Waals surface area contributed by atoms with Gasteiger partial charge in [0, 0.05) is 25.3 Å². The van der Waals surface area contributed by atoms with Gasteiger partial charge in [0.25, 0.3) is 0 Å². The maximum atomic E-state index is 9.41. The van der Waals surface area contributed by atoms with Crippen LogP contribution in [0.3, 0.4) is 0 Å². The maximum absolute atomic E-state index is 9.41. The van der Waals surface area contributed by atoms with Crippen molar-refractivity contribution in [3.05, 3.63) is 17.5 Å². The number of hydrogen-bond acceptors (Lipinski definition) is 3. The number of aryl methyl sites for hydroxylation is 2. The zero-order valence-electron chi connectivity index (χ0n) is 10.6. The van der Waals surface area contributed by atoms with Crippen LogP contribution >= 0.6 is 0 Å². The Morgan fingerprint density at radius 2 is 2.47 bits per heavy atom. The molecule has 0 amide bonds. The van der Waals surface area contributed by atoms with Gasteiger partial charge in [0.15, 0.2) is 0 Å². The van der Waals surface area contributed by atoms with E-state index in [2.05, 4.69) is 24.2 Å². The van der Waals surface area contributed by atoms with Crippen LogP contribution in [0.4, 0.5) is 0 Å². The molecule has 2 heterocycles. The van der Waals surface area contributed by atoms with Crippen LogP contribution in [0.2, 0.25) is 0 Å². The molecule has 1 aliphatic rings. The van der Waals surface area contributed by atoms with E-state index in [4.69, 9.17) is 4.74 Å². The smallest absolute Gasteiger partial charge is 0.0862 e. The Balaban J connectivity index is 2.20. The van der Waals surface area contributed by atoms with E-state index in [9.17, 15) is 5.26 Å². The lowest BCUT2D eigenvalue weighted by Crippen LogP contribution is -2.33. The van der Waals surface area contributed by atoms with Crippen molar-refractivity contribution in [2.45, 2.75) is 39.7 Å². The van der Waals surface area contributed by atoms with Gasteiger partial charge >= 0.3 is 0 Å². The summed E-state index contributed by atoms with van der Waals surface area (Å²) in [6, 6.07) is 4.54. The third kappa shape index (κ3) is 2.50. The number of nitriles is 1. The van der Waals surface area contributed by atoms with E-state index in [-0.39, 0.29) is 5.41 Å². The molecule has 1 saturated heterocycles. The molecular formula is C13H19N3O. The molecule has 1 aliphatic heterocycles. The molecule has 0 N–H and O–H groups in total. The molecule has 92 valence electrons. The van der Waals surface area contributed by atoms with Crippen LogP contribution in [0.15, 0.2) is 6.07 Å². The summed E-state index contributed by atoms with van der Waals surface area (Å²) in [5, 5.41) is 13.8. The molecule has 1 atom stereocenters. The van der Waals surface area contributed by atoms with Crippen LogP contribution in [0.5, 0.6) is 0 Å². The Hall–Kier alpha value is -1.34. The van der Waals surface area contributed by atoms with Crippen LogP contribution in [0.25, 0.3) is 0 Å². The minimum absolute atomic E-state index is 0.350. The molecule has 0 aliphatic carbocycles. The van der Waals surface area contributed by atoms with Crippen LogP contribution in [0, 0.1) is 23.7 Å². The van der Waals surface area contributed by atoms with Gasteiger partial charge in [0.1, 0.15) is 0 Å². The molecule has 0 bridgehead atoms. The Kier molecular flexibility index (Phi) is 3.49. The lowest BCUT2D eigenvalue weighted by molar-refractivity contribution is 0.0215. The molecule has 4 heteroatoms. The van der Waals surface area contributed by atoms with Crippen molar-refractivity contribution < 1.29 is 4.74 Å². The van der Waals surface area contributed by atoms with Gasteiger partial charge in [-0.2, -0.15) is 10.4 Å². The minimum atomic E-state index is -0.350. The Morgan fingerprint density at radius 1 is 1.65 bits per heavy atom. The number of ether oxygens (including phenoxy) is 1. The van der Waals surface area contributed by atoms with Crippen molar-refractivity contribution in [3.8, 4) is 6.07 Å². The molecular weight excluding hydrogens is 214 g/mol. The minimum Gasteiger partial charge on any atom is -0.380 e. The molecule has 1 fully saturated rings. The van der Waals surface area contributed by atoms with Crippen LogP contribution in [-0.2, 0) is 17.7 Å². The summed E-state index contributed by atoms with van der Waals surface area (Å²) in [4.78, 5) is 0. The summed E-state index contributed by atoms with van der Waals surface area (Å²) in [7, 11) is 0. The van der Waals surface area contributed by atoms with E-state index < -0.39 is 0 Å². The molecule has 0 spiro atoms. The van der Waals surface area contributed by atoms with Crippen molar-refractivity contribution in [2.75, 3.05) is 13.2 Å². The summed E-state index contributed by atoms with van der Waals surface area (Å²) in [6.45, 7) is 6.26. The zero-order chi connectivity index (χ0) is 12.3. The maximum Gasteiger partial charge on any atom is 0.0862 e. The summed E-state index contributed by atoms with van der Waals surface area (Å²) < 4.78 is 7.47. The molecule has 2 rings (SSSR count). The standard InChI is InChI=1S/C13H19N3O/c1-3-16-12(7-11(2)15-16)8-13(9-14)5-4-6-17-10-13/h7H,3-6,8,10H2,1-2H3. The molecule has 0 saturated carbocycles. The molecule has 1 aromatic rings. The lowest BCUT2D eigenvalue weighted by atomic mass is 9.80. The Labute approximate surface area is 102 Å². The first-order valence-electron chi connectivity index (χ1n) is 6.21. The first-order valence-corrected chi connectivity index (χ1v) is 6.21. The molecule has 0 radical (unpaired) electrons. The quantitative estimate of drug-likeness (QED) is 0.803. The van der Waals surface area contributed by atoms with E-state index in [1.54, 1.807) is 0 Å². The SMILES string of the molecule is CCn1nc(C)cc1CC1(C#N)CCCOC1. The number of rotatable bonds is 3. The van der Waals surface area contributed by atoms with E-state index >= 15 is 0 Å². The third-order valence-corrected chi connectivity index (χ3v) is 3.36. The average Bonchev–Trinajstić information content (AvgIpc) is 2.70. The van der Waals surface area contributed by atoms with Crippen molar-refractivity contribution in [3.63, 3.8) is 0 Å². The summed E-state index contributed by atoms with van der Waals surface area (Å²) in [5.74, 6) is 0. The lowest BCUT2D eigenvalue weighted by Gasteiger charge is -2.30. The second-order valence-electron chi connectivity index (χ2n) is 4.82. The predicted molar refractivity (Wildman–Crippen MR) is 64.4 cm³/mol. The van der Waals surface area contributed by atoms with Gasteiger partial charge in [-0.1, -0.05) is 0 Å². The van der Waals surface area contributed by atoms with Crippen molar-refractivity contribution in [1.29, 1.82) is 5.26 Å². The van der Waals surface area contributed by atoms with Crippen molar-refractivity contribution in [1.82, 2.24) is 9.78 Å². The van der Waals surface area contributed by atoms with Crippen molar-refractivity contribution in [2.24, 2.45) is 5.41 Å². The van der Waals surface area contributed by atoms with Gasteiger partial charge < -0.3 is 4.74 Å². The number of nitrogens with zero attached hydrogens (tertiary/aromatic N) is 3. The molecule has 17 heavy (non-hydrogen) atoms. The third-order valence-electron chi connectivity index (χ3n) is 3.36. The monoisotopic (exact) mass is 233 g/mol. The average molecular weight is 233 g/mol. The van der Waals surface area contributed by atoms with E-state index in [0.29, 0.717) is 6.61 Å². The normalized spacial score (nSPS) is 24.5. The van der Waals surface area contributed by atoms with E-state index in [0.717, 1.165) is 43.8 Å². The van der Waals surface area contributed by atoms with Gasteiger partial charge in [-0.25, -0.2) is 0 Å². The topological polar surface area (TPSA) is 50.8 Å². The molecule has 4 nitrogen and oxygen atoms in total. The van der Waals surface area contributed by atoms with Gasteiger partial charge in [-0.3, -0.25) is 4.68 Å². The number of aromatic nitrogens is 2. The van der Waals surface area contributed by atoms with Gasteiger partial charge in [-0.05, 0) is 32.8 Å². The fraction of sp³-hybridized carbons (Fsp3) is 0.692. The first-order chi connectivity index (χ1) is 8.19. The summed E-state index contributed by atoms with van der Waals surface area (Å²) in [6.07, 6.45) is 2.66. The van der Waals surface area contributed by atoms with Gasteiger partial charge in [-0.15, -0.1) is 0 Å².